The van der Waals surface area contributed by atoms with E-state index in [2.05, 4.69) is 17.6 Å². The smallest absolute Gasteiger partial charge is 0.251 e. The zero-order chi connectivity index (χ0) is 17.7. The van der Waals surface area contributed by atoms with Crippen molar-refractivity contribution in [2.75, 3.05) is 26.9 Å². The molecule has 0 radical (unpaired) electrons. The second-order valence-electron chi connectivity index (χ2n) is 6.94. The number of nitrogens with one attached hydrogen (secondary N) is 2. The Hall–Kier alpha value is -2.08. The summed E-state index contributed by atoms with van der Waals surface area (Å²) >= 11 is 0. The molecular formula is C18H26N2O4. The molecular weight excluding hydrogens is 308 g/mol. The molecule has 1 heterocycles. The summed E-state index contributed by atoms with van der Waals surface area (Å²) in [4.78, 5) is 24.8. The van der Waals surface area contributed by atoms with Crippen LogP contribution in [0.5, 0.6) is 5.75 Å². The van der Waals surface area contributed by atoms with E-state index in [0.29, 0.717) is 31.1 Å². The van der Waals surface area contributed by atoms with Gasteiger partial charge >= 0.3 is 0 Å². The van der Waals surface area contributed by atoms with Gasteiger partial charge in [-0.1, -0.05) is 20.8 Å². The lowest BCUT2D eigenvalue weighted by Gasteiger charge is -2.38. The molecule has 0 aromatic heterocycles. The van der Waals surface area contributed by atoms with Crippen molar-refractivity contribution in [1.29, 1.82) is 0 Å². The van der Waals surface area contributed by atoms with Crippen LogP contribution in [0.4, 0.5) is 0 Å². The van der Waals surface area contributed by atoms with Crippen LogP contribution in [0.25, 0.3) is 0 Å². The Morgan fingerprint density at radius 2 is 1.88 bits per heavy atom. The van der Waals surface area contributed by atoms with E-state index in [1.54, 1.807) is 31.4 Å². The van der Waals surface area contributed by atoms with E-state index in [-0.39, 0.29) is 23.1 Å². The molecule has 1 aliphatic rings. The van der Waals surface area contributed by atoms with Crippen molar-refractivity contribution in [1.82, 2.24) is 10.6 Å². The molecule has 1 aromatic rings. The van der Waals surface area contributed by atoms with E-state index in [4.69, 9.17) is 9.47 Å². The van der Waals surface area contributed by atoms with Crippen molar-refractivity contribution in [3.8, 4) is 5.75 Å². The second-order valence-corrected chi connectivity index (χ2v) is 6.94. The number of amides is 2. The summed E-state index contributed by atoms with van der Waals surface area (Å²) in [6.07, 6.45) is 0. The highest BCUT2D eigenvalue weighted by Crippen LogP contribution is 2.25. The summed E-state index contributed by atoms with van der Waals surface area (Å²) in [5.41, 5.74) is 0.491. The fourth-order valence-electron chi connectivity index (χ4n) is 2.46. The van der Waals surface area contributed by atoms with Crippen LogP contribution in [-0.2, 0) is 9.53 Å². The molecule has 1 saturated heterocycles. The molecule has 0 spiro atoms. The molecule has 0 aliphatic carbocycles. The Balaban J connectivity index is 1.95. The number of hydrogen-bond donors (Lipinski definition) is 2. The lowest BCUT2D eigenvalue weighted by molar-refractivity contribution is -0.129. The third-order valence-corrected chi connectivity index (χ3v) is 4.18. The van der Waals surface area contributed by atoms with Crippen LogP contribution in [-0.4, -0.2) is 44.7 Å². The van der Waals surface area contributed by atoms with Gasteiger partial charge in [0.1, 0.15) is 11.8 Å². The van der Waals surface area contributed by atoms with Gasteiger partial charge in [-0.05, 0) is 30.2 Å². The fourth-order valence-corrected chi connectivity index (χ4v) is 2.46. The van der Waals surface area contributed by atoms with Gasteiger partial charge in [-0.25, -0.2) is 0 Å². The van der Waals surface area contributed by atoms with E-state index in [9.17, 15) is 9.59 Å². The summed E-state index contributed by atoms with van der Waals surface area (Å²) in [5, 5.41) is 5.75. The Kier molecular flexibility index (Phi) is 5.83. The predicted molar refractivity (Wildman–Crippen MR) is 91.0 cm³/mol. The minimum atomic E-state index is -0.579. The van der Waals surface area contributed by atoms with E-state index in [1.807, 2.05) is 13.8 Å². The minimum Gasteiger partial charge on any atom is -0.497 e. The zero-order valence-corrected chi connectivity index (χ0v) is 14.7. The quantitative estimate of drug-likeness (QED) is 0.794. The Labute approximate surface area is 142 Å². The highest BCUT2D eigenvalue weighted by atomic mass is 16.5. The first-order valence-electron chi connectivity index (χ1n) is 8.15. The van der Waals surface area contributed by atoms with Gasteiger partial charge in [0.15, 0.2) is 0 Å². The number of benzene rings is 1. The molecule has 1 atom stereocenters. The van der Waals surface area contributed by atoms with Gasteiger partial charge in [-0.2, -0.15) is 0 Å². The van der Waals surface area contributed by atoms with Crippen molar-refractivity contribution in [3.05, 3.63) is 29.8 Å². The SMILES string of the molecule is COc1ccc(C(=O)NC(C(=O)NCC2(C)COC2)C(C)C)cc1. The summed E-state index contributed by atoms with van der Waals surface area (Å²) in [6, 6.07) is 6.21. The maximum absolute atomic E-state index is 12.5. The summed E-state index contributed by atoms with van der Waals surface area (Å²) in [7, 11) is 1.57. The molecule has 0 bridgehead atoms. The first kappa shape index (κ1) is 18.3. The van der Waals surface area contributed by atoms with Crippen LogP contribution in [0.2, 0.25) is 0 Å². The number of carbonyl (C=O) groups excluding carboxylic acids is 2. The summed E-state index contributed by atoms with van der Waals surface area (Å²) in [6.45, 7) is 7.74. The third kappa shape index (κ3) is 4.47. The van der Waals surface area contributed by atoms with Crippen molar-refractivity contribution < 1.29 is 19.1 Å². The van der Waals surface area contributed by atoms with Gasteiger partial charge in [-0.15, -0.1) is 0 Å². The lowest BCUT2D eigenvalue weighted by atomic mass is 9.88. The van der Waals surface area contributed by atoms with Gasteiger partial charge in [-0.3, -0.25) is 9.59 Å². The van der Waals surface area contributed by atoms with Gasteiger partial charge < -0.3 is 20.1 Å². The van der Waals surface area contributed by atoms with Crippen LogP contribution < -0.4 is 15.4 Å². The van der Waals surface area contributed by atoms with E-state index < -0.39 is 6.04 Å². The molecule has 6 heteroatoms. The zero-order valence-electron chi connectivity index (χ0n) is 14.7. The van der Waals surface area contributed by atoms with Crippen molar-refractivity contribution >= 4 is 11.8 Å². The maximum Gasteiger partial charge on any atom is 0.251 e. The Morgan fingerprint density at radius 1 is 1.25 bits per heavy atom. The molecule has 2 amide bonds. The second kappa shape index (κ2) is 7.66. The number of carbonyl (C=O) groups is 2. The number of methoxy groups -OCH3 is 1. The number of hydrogen-bond acceptors (Lipinski definition) is 4. The summed E-state index contributed by atoms with van der Waals surface area (Å²) < 4.78 is 10.3. The van der Waals surface area contributed by atoms with E-state index >= 15 is 0 Å². The highest BCUT2D eigenvalue weighted by Gasteiger charge is 2.34. The Morgan fingerprint density at radius 3 is 2.33 bits per heavy atom. The topological polar surface area (TPSA) is 76.7 Å². The highest BCUT2D eigenvalue weighted by molar-refractivity contribution is 5.97. The van der Waals surface area contributed by atoms with Gasteiger partial charge in [0.2, 0.25) is 5.91 Å². The van der Waals surface area contributed by atoms with Crippen molar-refractivity contribution in [3.63, 3.8) is 0 Å². The molecule has 1 unspecified atom stereocenters. The monoisotopic (exact) mass is 334 g/mol. The van der Waals surface area contributed by atoms with Gasteiger partial charge in [0.25, 0.3) is 5.91 Å². The number of ether oxygens (including phenoxy) is 2. The summed E-state index contributed by atoms with van der Waals surface area (Å²) in [5.74, 6) is 0.225. The molecule has 1 aliphatic heterocycles. The maximum atomic E-state index is 12.5. The van der Waals surface area contributed by atoms with Crippen LogP contribution in [0.3, 0.4) is 0 Å². The van der Waals surface area contributed by atoms with Crippen LogP contribution in [0.1, 0.15) is 31.1 Å². The molecule has 132 valence electrons. The molecule has 24 heavy (non-hydrogen) atoms. The molecule has 1 aromatic carbocycles. The molecule has 6 nitrogen and oxygen atoms in total. The third-order valence-electron chi connectivity index (χ3n) is 4.18. The average Bonchev–Trinajstić information content (AvgIpc) is 2.55. The number of rotatable bonds is 7. The van der Waals surface area contributed by atoms with Crippen LogP contribution in [0.15, 0.2) is 24.3 Å². The van der Waals surface area contributed by atoms with Crippen molar-refractivity contribution in [2.45, 2.75) is 26.8 Å². The first-order valence-corrected chi connectivity index (χ1v) is 8.15. The average molecular weight is 334 g/mol. The van der Waals surface area contributed by atoms with Gasteiger partial charge in [0, 0.05) is 17.5 Å². The Bertz CT molecular complexity index is 579. The fraction of sp³-hybridized carbons (Fsp3) is 0.556. The van der Waals surface area contributed by atoms with Crippen LogP contribution >= 0.6 is 0 Å². The molecule has 1 fully saturated rings. The lowest BCUT2D eigenvalue weighted by Crippen LogP contribution is -2.54. The van der Waals surface area contributed by atoms with Crippen molar-refractivity contribution in [2.24, 2.45) is 11.3 Å². The molecule has 2 rings (SSSR count). The normalized spacial score (nSPS) is 16.9. The largest absolute Gasteiger partial charge is 0.497 e. The molecule has 2 N–H and O–H groups in total. The van der Waals surface area contributed by atoms with Gasteiger partial charge in [0.05, 0.1) is 20.3 Å². The van der Waals surface area contributed by atoms with E-state index in [0.717, 1.165) is 0 Å². The predicted octanol–water partition coefficient (Wildman–Crippen LogP) is 1.60. The van der Waals surface area contributed by atoms with E-state index in [1.165, 1.54) is 0 Å². The molecule has 0 saturated carbocycles. The van der Waals surface area contributed by atoms with Crippen LogP contribution in [0, 0.1) is 11.3 Å². The minimum absolute atomic E-state index is 0.00280. The standard InChI is InChI=1S/C18H26N2O4/c1-12(2)15(17(22)19-9-18(3)10-24-11-18)20-16(21)13-5-7-14(23-4)8-6-13/h5-8,12,15H,9-11H2,1-4H3,(H,19,22)(H,20,21). The first-order chi connectivity index (χ1) is 11.3.